The summed E-state index contributed by atoms with van der Waals surface area (Å²) >= 11 is 0. The predicted molar refractivity (Wildman–Crippen MR) is 65.4 cm³/mol. The molecule has 1 atom stereocenters. The Kier molecular flexibility index (Phi) is 3.66. The Morgan fingerprint density at radius 1 is 1.44 bits per heavy atom. The smallest absolute Gasteiger partial charge is 0.410 e. The molecular weight excluding hydrogens is 202 g/mol. The van der Waals surface area contributed by atoms with Gasteiger partial charge < -0.3 is 4.74 Å². The molecule has 1 amide bonds. The molecule has 1 aliphatic rings. The number of likely N-dealkylation sites (tertiary alicyclic amines) is 1. The zero-order valence-electron chi connectivity index (χ0n) is 10.9. The Hall–Kier alpha value is -0.990. The molecule has 0 aromatic rings. The number of nitrogens with zero attached hydrogens (tertiary/aromatic N) is 1. The van der Waals surface area contributed by atoms with Crippen LogP contribution in [-0.2, 0) is 4.74 Å². The lowest BCUT2D eigenvalue weighted by Crippen LogP contribution is -2.52. The molecule has 0 aromatic carbocycles. The van der Waals surface area contributed by atoms with E-state index in [1.165, 1.54) is 0 Å². The van der Waals surface area contributed by atoms with Crippen molar-refractivity contribution in [2.75, 3.05) is 6.54 Å². The second-order valence-electron chi connectivity index (χ2n) is 5.65. The third-order valence-electron chi connectivity index (χ3n) is 2.98. The Balaban J connectivity index is 2.76. The van der Waals surface area contributed by atoms with Crippen LogP contribution < -0.4 is 0 Å². The second kappa shape index (κ2) is 4.48. The van der Waals surface area contributed by atoms with Crippen LogP contribution in [0.15, 0.2) is 12.7 Å². The SMILES string of the molecule is C=CC1(C)CCCCN1C(=O)OC(C)(C)C. The predicted octanol–water partition coefficient (Wildman–Crippen LogP) is 3.35. The van der Waals surface area contributed by atoms with Crippen molar-refractivity contribution in [3.05, 3.63) is 12.7 Å². The van der Waals surface area contributed by atoms with Gasteiger partial charge in [-0.25, -0.2) is 4.79 Å². The molecule has 1 saturated heterocycles. The third kappa shape index (κ3) is 3.00. The van der Waals surface area contributed by atoms with Crippen LogP contribution in [0.25, 0.3) is 0 Å². The quantitative estimate of drug-likeness (QED) is 0.640. The molecule has 3 heteroatoms. The van der Waals surface area contributed by atoms with E-state index in [0.717, 1.165) is 25.8 Å². The molecule has 3 nitrogen and oxygen atoms in total. The first-order valence-corrected chi connectivity index (χ1v) is 5.93. The van der Waals surface area contributed by atoms with Gasteiger partial charge in [-0.1, -0.05) is 6.08 Å². The first-order chi connectivity index (χ1) is 7.28. The second-order valence-corrected chi connectivity index (χ2v) is 5.65. The topological polar surface area (TPSA) is 29.5 Å². The van der Waals surface area contributed by atoms with Crippen LogP contribution in [0, 0.1) is 0 Å². The molecule has 0 bridgehead atoms. The van der Waals surface area contributed by atoms with Crippen molar-refractivity contribution in [1.82, 2.24) is 4.90 Å². The monoisotopic (exact) mass is 225 g/mol. The lowest BCUT2D eigenvalue weighted by atomic mass is 9.89. The Labute approximate surface area is 98.5 Å². The van der Waals surface area contributed by atoms with Crippen LogP contribution in [0.5, 0.6) is 0 Å². The molecule has 1 aliphatic heterocycles. The number of carbonyl (C=O) groups excluding carboxylic acids is 1. The van der Waals surface area contributed by atoms with Crippen LogP contribution in [0.2, 0.25) is 0 Å². The first kappa shape index (κ1) is 13.1. The third-order valence-corrected chi connectivity index (χ3v) is 2.98. The summed E-state index contributed by atoms with van der Waals surface area (Å²) in [6.45, 7) is 12.3. The summed E-state index contributed by atoms with van der Waals surface area (Å²) in [6, 6.07) is 0. The maximum absolute atomic E-state index is 12.0. The van der Waals surface area contributed by atoms with Crippen LogP contribution in [0.1, 0.15) is 47.0 Å². The van der Waals surface area contributed by atoms with E-state index < -0.39 is 5.60 Å². The van der Waals surface area contributed by atoms with Gasteiger partial charge in [0.1, 0.15) is 5.60 Å². The van der Waals surface area contributed by atoms with Crippen LogP contribution in [0.3, 0.4) is 0 Å². The van der Waals surface area contributed by atoms with E-state index >= 15 is 0 Å². The van der Waals surface area contributed by atoms with E-state index in [-0.39, 0.29) is 11.6 Å². The van der Waals surface area contributed by atoms with Crippen molar-refractivity contribution in [1.29, 1.82) is 0 Å². The summed E-state index contributed by atoms with van der Waals surface area (Å²) in [5.74, 6) is 0. The lowest BCUT2D eigenvalue weighted by Gasteiger charge is -2.43. The van der Waals surface area contributed by atoms with Crippen molar-refractivity contribution < 1.29 is 9.53 Å². The zero-order valence-corrected chi connectivity index (χ0v) is 10.9. The maximum atomic E-state index is 12.0. The van der Waals surface area contributed by atoms with E-state index in [4.69, 9.17) is 4.74 Å². The summed E-state index contributed by atoms with van der Waals surface area (Å²) < 4.78 is 5.41. The van der Waals surface area contributed by atoms with E-state index in [9.17, 15) is 4.79 Å². The van der Waals surface area contributed by atoms with Gasteiger partial charge in [-0.3, -0.25) is 4.90 Å². The van der Waals surface area contributed by atoms with Gasteiger partial charge in [-0.15, -0.1) is 6.58 Å². The minimum Gasteiger partial charge on any atom is -0.444 e. The van der Waals surface area contributed by atoms with Gasteiger partial charge in [0, 0.05) is 6.54 Å². The highest BCUT2D eigenvalue weighted by atomic mass is 16.6. The normalized spacial score (nSPS) is 26.4. The van der Waals surface area contributed by atoms with E-state index in [0.29, 0.717) is 0 Å². The average Bonchev–Trinajstić information content (AvgIpc) is 2.15. The Morgan fingerprint density at radius 3 is 2.56 bits per heavy atom. The number of piperidine rings is 1. The minimum atomic E-state index is -0.434. The molecule has 0 saturated carbocycles. The van der Waals surface area contributed by atoms with Crippen molar-refractivity contribution >= 4 is 6.09 Å². The van der Waals surface area contributed by atoms with Crippen molar-refractivity contribution in [2.24, 2.45) is 0 Å². The number of hydrogen-bond acceptors (Lipinski definition) is 2. The Bertz CT molecular complexity index is 280. The standard InChI is InChI=1S/C13H23NO2/c1-6-13(5)9-7-8-10-14(13)11(15)16-12(2,3)4/h6H,1,7-10H2,2-5H3. The number of rotatable bonds is 1. The van der Waals surface area contributed by atoms with Gasteiger partial charge in [0.15, 0.2) is 0 Å². The number of amides is 1. The molecule has 0 aliphatic carbocycles. The van der Waals surface area contributed by atoms with Crippen molar-refractivity contribution in [2.45, 2.75) is 58.1 Å². The van der Waals surface area contributed by atoms with Crippen LogP contribution in [0.4, 0.5) is 4.79 Å². The van der Waals surface area contributed by atoms with Gasteiger partial charge in [-0.2, -0.15) is 0 Å². The van der Waals surface area contributed by atoms with Crippen LogP contribution >= 0.6 is 0 Å². The van der Waals surface area contributed by atoms with Gasteiger partial charge in [0.25, 0.3) is 0 Å². The van der Waals surface area contributed by atoms with Gasteiger partial charge in [-0.05, 0) is 47.0 Å². The first-order valence-electron chi connectivity index (χ1n) is 5.93. The highest BCUT2D eigenvalue weighted by Gasteiger charge is 2.37. The zero-order chi connectivity index (χ0) is 12.4. The summed E-state index contributed by atoms with van der Waals surface area (Å²) in [4.78, 5) is 13.8. The van der Waals surface area contributed by atoms with E-state index in [1.54, 1.807) is 4.90 Å². The lowest BCUT2D eigenvalue weighted by molar-refractivity contribution is -0.000212. The fourth-order valence-corrected chi connectivity index (χ4v) is 1.97. The maximum Gasteiger partial charge on any atom is 0.410 e. The van der Waals surface area contributed by atoms with Crippen molar-refractivity contribution in [3.63, 3.8) is 0 Å². The van der Waals surface area contributed by atoms with Gasteiger partial charge in [0.2, 0.25) is 0 Å². The van der Waals surface area contributed by atoms with Gasteiger partial charge >= 0.3 is 6.09 Å². The molecule has 0 aromatic heterocycles. The molecule has 1 fully saturated rings. The largest absolute Gasteiger partial charge is 0.444 e. The summed E-state index contributed by atoms with van der Waals surface area (Å²) in [5.41, 5.74) is -0.683. The summed E-state index contributed by atoms with van der Waals surface area (Å²) in [5, 5.41) is 0. The highest BCUT2D eigenvalue weighted by molar-refractivity contribution is 5.69. The molecule has 0 spiro atoms. The van der Waals surface area contributed by atoms with E-state index in [2.05, 4.69) is 6.58 Å². The summed E-state index contributed by atoms with van der Waals surface area (Å²) in [6.07, 6.45) is 4.78. The van der Waals surface area contributed by atoms with E-state index in [1.807, 2.05) is 33.8 Å². The molecule has 16 heavy (non-hydrogen) atoms. The fraction of sp³-hybridized carbons (Fsp3) is 0.769. The number of carbonyl (C=O) groups is 1. The molecule has 1 heterocycles. The molecule has 0 radical (unpaired) electrons. The summed E-state index contributed by atoms with van der Waals surface area (Å²) in [7, 11) is 0. The van der Waals surface area contributed by atoms with Crippen molar-refractivity contribution in [3.8, 4) is 0 Å². The minimum absolute atomic E-state index is 0.227. The number of ether oxygens (including phenoxy) is 1. The highest BCUT2D eigenvalue weighted by Crippen LogP contribution is 2.30. The average molecular weight is 225 g/mol. The van der Waals surface area contributed by atoms with Crippen LogP contribution in [-0.4, -0.2) is 28.7 Å². The molecule has 92 valence electrons. The number of hydrogen-bond donors (Lipinski definition) is 0. The molecule has 0 N–H and O–H groups in total. The molecule has 1 unspecified atom stereocenters. The molecular formula is C13H23NO2. The Morgan fingerprint density at radius 2 is 2.06 bits per heavy atom. The fourth-order valence-electron chi connectivity index (χ4n) is 1.97. The molecule has 1 rings (SSSR count). The van der Waals surface area contributed by atoms with Gasteiger partial charge in [0.05, 0.1) is 5.54 Å².